The highest BCUT2D eigenvalue weighted by molar-refractivity contribution is 5.91. The zero-order chi connectivity index (χ0) is 21.2. The third kappa shape index (κ3) is 7.07. The van der Waals surface area contributed by atoms with Gasteiger partial charge in [0.25, 0.3) is 0 Å². The van der Waals surface area contributed by atoms with Gasteiger partial charge in [-0.25, -0.2) is 0 Å². The number of nitrogens with one attached hydrogen (secondary N) is 1. The summed E-state index contributed by atoms with van der Waals surface area (Å²) in [6.45, 7) is 3.89. The molecule has 5 nitrogen and oxygen atoms in total. The van der Waals surface area contributed by atoms with Crippen molar-refractivity contribution in [3.8, 4) is 5.75 Å². The Morgan fingerprint density at radius 3 is 2.47 bits per heavy atom. The second kappa shape index (κ2) is 11.2. The Morgan fingerprint density at radius 1 is 1.07 bits per heavy atom. The topological polar surface area (TPSA) is 58.6 Å². The predicted molar refractivity (Wildman–Crippen MR) is 119 cm³/mol. The summed E-state index contributed by atoms with van der Waals surface area (Å²) in [5.41, 5.74) is 2.21. The summed E-state index contributed by atoms with van der Waals surface area (Å²) in [4.78, 5) is 26.4. The highest BCUT2D eigenvalue weighted by Crippen LogP contribution is 2.13. The number of ether oxygens (including phenoxy) is 1. The Kier molecular flexibility index (Phi) is 8.07. The van der Waals surface area contributed by atoms with Crippen LogP contribution in [0.1, 0.15) is 36.8 Å². The SMILES string of the molecule is Cc1ccc(OCCCC(=O)NC2CCN(C(=O)/C=C/c3ccccc3)CC2)cc1. The summed E-state index contributed by atoms with van der Waals surface area (Å²) in [5.74, 6) is 0.910. The minimum Gasteiger partial charge on any atom is -0.494 e. The molecular formula is C25H30N2O3. The number of hydrogen-bond donors (Lipinski definition) is 1. The van der Waals surface area contributed by atoms with Gasteiger partial charge in [-0.15, -0.1) is 0 Å². The fraction of sp³-hybridized carbons (Fsp3) is 0.360. The Bertz CT molecular complexity index is 838. The normalized spacial score (nSPS) is 14.6. The summed E-state index contributed by atoms with van der Waals surface area (Å²) in [5, 5.41) is 3.09. The molecule has 2 aromatic carbocycles. The van der Waals surface area contributed by atoms with Crippen LogP contribution in [0.25, 0.3) is 6.08 Å². The van der Waals surface area contributed by atoms with Crippen LogP contribution in [-0.2, 0) is 9.59 Å². The summed E-state index contributed by atoms with van der Waals surface area (Å²) < 4.78 is 5.67. The first-order valence-electron chi connectivity index (χ1n) is 10.6. The maximum atomic E-state index is 12.3. The van der Waals surface area contributed by atoms with Crippen molar-refractivity contribution >= 4 is 17.9 Å². The van der Waals surface area contributed by atoms with E-state index in [-0.39, 0.29) is 17.9 Å². The first-order valence-corrected chi connectivity index (χ1v) is 10.6. The van der Waals surface area contributed by atoms with Crippen molar-refractivity contribution in [3.63, 3.8) is 0 Å². The van der Waals surface area contributed by atoms with E-state index in [9.17, 15) is 9.59 Å². The first-order chi connectivity index (χ1) is 14.6. The van der Waals surface area contributed by atoms with Crippen LogP contribution in [0.15, 0.2) is 60.7 Å². The largest absolute Gasteiger partial charge is 0.494 e. The molecule has 0 spiro atoms. The second-order valence-electron chi connectivity index (χ2n) is 7.68. The van der Waals surface area contributed by atoms with Crippen LogP contribution >= 0.6 is 0 Å². The van der Waals surface area contributed by atoms with E-state index in [0.29, 0.717) is 32.5 Å². The Hall–Kier alpha value is -3.08. The molecule has 2 aromatic rings. The number of likely N-dealkylation sites (tertiary alicyclic amines) is 1. The minimum atomic E-state index is 0.0249. The van der Waals surface area contributed by atoms with Gasteiger partial charge in [0.1, 0.15) is 5.75 Å². The van der Waals surface area contributed by atoms with E-state index in [1.54, 1.807) is 6.08 Å². The van der Waals surface area contributed by atoms with Gasteiger partial charge in [-0.2, -0.15) is 0 Å². The van der Waals surface area contributed by atoms with Crippen LogP contribution in [0, 0.1) is 6.92 Å². The molecule has 1 saturated heterocycles. The zero-order valence-electron chi connectivity index (χ0n) is 17.5. The van der Waals surface area contributed by atoms with E-state index in [1.807, 2.05) is 72.5 Å². The van der Waals surface area contributed by atoms with Crippen LogP contribution in [0.3, 0.4) is 0 Å². The minimum absolute atomic E-state index is 0.0249. The number of amides is 2. The number of hydrogen-bond acceptors (Lipinski definition) is 3. The van der Waals surface area contributed by atoms with Gasteiger partial charge in [0, 0.05) is 31.6 Å². The summed E-state index contributed by atoms with van der Waals surface area (Å²) in [6, 6.07) is 17.8. The van der Waals surface area contributed by atoms with Crippen LogP contribution in [-0.4, -0.2) is 42.5 Å². The smallest absolute Gasteiger partial charge is 0.246 e. The number of benzene rings is 2. The van der Waals surface area contributed by atoms with Crippen molar-refractivity contribution in [3.05, 3.63) is 71.8 Å². The van der Waals surface area contributed by atoms with Gasteiger partial charge in [0.15, 0.2) is 0 Å². The Morgan fingerprint density at radius 2 is 1.77 bits per heavy atom. The van der Waals surface area contributed by atoms with Crippen molar-refractivity contribution in [1.82, 2.24) is 10.2 Å². The van der Waals surface area contributed by atoms with Crippen LogP contribution in [0.2, 0.25) is 0 Å². The van der Waals surface area contributed by atoms with Crippen LogP contribution in [0.5, 0.6) is 5.75 Å². The highest BCUT2D eigenvalue weighted by atomic mass is 16.5. The number of carbonyl (C=O) groups excluding carboxylic acids is 2. The van der Waals surface area contributed by atoms with Gasteiger partial charge in [-0.05, 0) is 50.0 Å². The molecule has 1 N–H and O–H groups in total. The molecule has 5 heteroatoms. The first kappa shape index (κ1) is 21.6. The standard InChI is InChI=1S/C25H30N2O3/c1-20-9-12-23(13-10-20)30-19-5-8-24(28)26-22-15-17-27(18-16-22)25(29)14-11-21-6-3-2-4-7-21/h2-4,6-7,9-14,22H,5,8,15-19H2,1H3,(H,26,28)/b14-11+. The molecule has 0 aliphatic carbocycles. The van der Waals surface area contributed by atoms with Gasteiger partial charge in [-0.1, -0.05) is 48.0 Å². The fourth-order valence-electron chi connectivity index (χ4n) is 3.44. The molecule has 0 unspecified atom stereocenters. The number of piperidine rings is 1. The summed E-state index contributed by atoms with van der Waals surface area (Å²) in [7, 11) is 0. The fourth-order valence-corrected chi connectivity index (χ4v) is 3.44. The molecule has 30 heavy (non-hydrogen) atoms. The van der Waals surface area contributed by atoms with Gasteiger partial charge < -0.3 is 15.0 Å². The summed E-state index contributed by atoms with van der Waals surface area (Å²) in [6.07, 6.45) is 6.18. The molecule has 2 amide bonds. The van der Waals surface area contributed by atoms with Crippen molar-refractivity contribution in [2.45, 2.75) is 38.6 Å². The summed E-state index contributed by atoms with van der Waals surface area (Å²) >= 11 is 0. The molecule has 1 heterocycles. The molecule has 0 aromatic heterocycles. The lowest BCUT2D eigenvalue weighted by molar-refractivity contribution is -0.127. The van der Waals surface area contributed by atoms with E-state index in [4.69, 9.17) is 4.74 Å². The van der Waals surface area contributed by atoms with Gasteiger partial charge in [0.05, 0.1) is 6.61 Å². The lowest BCUT2D eigenvalue weighted by Gasteiger charge is -2.31. The third-order valence-electron chi connectivity index (χ3n) is 5.23. The molecule has 1 aliphatic heterocycles. The predicted octanol–water partition coefficient (Wildman–Crippen LogP) is 3.97. The van der Waals surface area contributed by atoms with Crippen molar-refractivity contribution < 1.29 is 14.3 Å². The molecule has 0 radical (unpaired) electrons. The maximum absolute atomic E-state index is 12.3. The van der Waals surface area contributed by atoms with Crippen LogP contribution in [0.4, 0.5) is 0 Å². The average molecular weight is 407 g/mol. The number of aryl methyl sites for hydroxylation is 1. The monoisotopic (exact) mass is 406 g/mol. The zero-order valence-corrected chi connectivity index (χ0v) is 17.5. The number of nitrogens with zero attached hydrogens (tertiary/aromatic N) is 1. The van der Waals surface area contributed by atoms with Crippen molar-refractivity contribution in [1.29, 1.82) is 0 Å². The van der Waals surface area contributed by atoms with E-state index in [2.05, 4.69) is 5.32 Å². The highest BCUT2D eigenvalue weighted by Gasteiger charge is 2.22. The number of rotatable bonds is 8. The molecule has 0 saturated carbocycles. The van der Waals surface area contributed by atoms with Crippen molar-refractivity contribution in [2.75, 3.05) is 19.7 Å². The molecule has 0 atom stereocenters. The van der Waals surface area contributed by atoms with E-state index in [1.165, 1.54) is 5.56 Å². The average Bonchev–Trinajstić information content (AvgIpc) is 2.77. The lowest BCUT2D eigenvalue weighted by atomic mass is 10.0. The van der Waals surface area contributed by atoms with E-state index in [0.717, 1.165) is 24.2 Å². The van der Waals surface area contributed by atoms with Gasteiger partial charge >= 0.3 is 0 Å². The number of carbonyl (C=O) groups is 2. The van der Waals surface area contributed by atoms with E-state index >= 15 is 0 Å². The van der Waals surface area contributed by atoms with E-state index < -0.39 is 0 Å². The van der Waals surface area contributed by atoms with Gasteiger partial charge in [-0.3, -0.25) is 9.59 Å². The van der Waals surface area contributed by atoms with Gasteiger partial charge in [0.2, 0.25) is 11.8 Å². The molecule has 1 aliphatic rings. The molecule has 0 bridgehead atoms. The third-order valence-corrected chi connectivity index (χ3v) is 5.23. The second-order valence-corrected chi connectivity index (χ2v) is 7.68. The Balaban J connectivity index is 1.31. The quantitative estimate of drug-likeness (QED) is 0.533. The maximum Gasteiger partial charge on any atom is 0.246 e. The van der Waals surface area contributed by atoms with Crippen molar-refractivity contribution in [2.24, 2.45) is 0 Å². The molecule has 1 fully saturated rings. The Labute approximate surface area is 178 Å². The molecular weight excluding hydrogens is 376 g/mol. The van der Waals surface area contributed by atoms with Crippen LogP contribution < -0.4 is 10.1 Å². The molecule has 158 valence electrons. The molecule has 3 rings (SSSR count). The lowest BCUT2D eigenvalue weighted by Crippen LogP contribution is -2.46.